The lowest BCUT2D eigenvalue weighted by Crippen LogP contribution is -2.62. The molecular formula is C36H57N5O6S2. The van der Waals surface area contributed by atoms with Gasteiger partial charge in [0, 0.05) is 29.7 Å². The topological polar surface area (TPSA) is 173 Å². The van der Waals surface area contributed by atoms with E-state index in [1.165, 1.54) is 37.6 Å². The van der Waals surface area contributed by atoms with Gasteiger partial charge in [-0.3, -0.25) is 14.4 Å². The number of aliphatic hydroxyl groups excluding tert-OH is 1. The zero-order chi connectivity index (χ0) is 36.2. The highest BCUT2D eigenvalue weighted by molar-refractivity contribution is 8.20. The molecule has 6 N–H and O–H groups in total. The summed E-state index contributed by atoms with van der Waals surface area (Å²) in [6.07, 6.45) is 9.20. The molecular weight excluding hydrogens is 663 g/mol. The fourth-order valence-corrected chi connectivity index (χ4v) is 9.22. The highest BCUT2D eigenvalue weighted by Gasteiger charge is 2.45. The predicted octanol–water partition coefficient (Wildman–Crippen LogP) is 5.82. The van der Waals surface area contributed by atoms with E-state index in [1.807, 2.05) is 13.8 Å². The maximum Gasteiger partial charge on any atom is 0.408 e. The monoisotopic (exact) mass is 719 g/mol. The minimum absolute atomic E-state index is 0.0248. The average molecular weight is 720 g/mol. The molecule has 0 aromatic carbocycles. The number of ketones is 1. The van der Waals surface area contributed by atoms with Gasteiger partial charge in [-0.1, -0.05) is 58.4 Å². The quantitative estimate of drug-likeness (QED) is 0.0976. The Balaban J connectivity index is 1.91. The van der Waals surface area contributed by atoms with Crippen molar-refractivity contribution in [3.63, 3.8) is 0 Å². The summed E-state index contributed by atoms with van der Waals surface area (Å²) in [5.74, 6) is 0.977. The number of aliphatic hydroxyl groups is 1. The number of thioether (sulfide) groups is 2. The molecule has 5 atom stereocenters. The number of amides is 3. The fraction of sp³-hybridized carbons (Fsp3) is 0.694. The van der Waals surface area contributed by atoms with Gasteiger partial charge in [0.05, 0.1) is 16.7 Å². The van der Waals surface area contributed by atoms with Gasteiger partial charge in [-0.2, -0.15) is 0 Å². The molecule has 1 aliphatic carbocycles. The molecule has 1 aromatic rings. The van der Waals surface area contributed by atoms with E-state index in [1.54, 1.807) is 50.4 Å². The molecule has 2 aliphatic rings. The molecule has 1 saturated carbocycles. The number of aromatic nitrogens is 1. The second-order valence-corrected chi connectivity index (χ2v) is 17.2. The Hall–Kier alpha value is -2.61. The predicted molar refractivity (Wildman–Crippen MR) is 199 cm³/mol. The Morgan fingerprint density at radius 2 is 1.80 bits per heavy atom. The zero-order valence-corrected chi connectivity index (χ0v) is 31.4. The molecule has 11 nitrogen and oxygen atoms in total. The molecule has 13 heteroatoms. The van der Waals surface area contributed by atoms with Gasteiger partial charge in [0.1, 0.15) is 23.0 Å². The average Bonchev–Trinajstić information content (AvgIpc) is 3.60. The molecule has 1 aromatic heterocycles. The van der Waals surface area contributed by atoms with Crippen molar-refractivity contribution in [2.24, 2.45) is 17.6 Å². The van der Waals surface area contributed by atoms with Crippen molar-refractivity contribution >= 4 is 53.0 Å². The van der Waals surface area contributed by atoms with Crippen molar-refractivity contribution in [3.8, 4) is 0 Å². The minimum atomic E-state index is -1.59. The van der Waals surface area contributed by atoms with Crippen LogP contribution < -0.4 is 21.7 Å². The Morgan fingerprint density at radius 3 is 2.37 bits per heavy atom. The Labute approximate surface area is 300 Å². The van der Waals surface area contributed by atoms with Gasteiger partial charge in [-0.05, 0) is 64.0 Å². The van der Waals surface area contributed by atoms with Gasteiger partial charge in [-0.25, -0.2) is 9.78 Å². The molecule has 2 fully saturated rings. The molecule has 2 heterocycles. The normalized spacial score (nSPS) is 19.5. The zero-order valence-electron chi connectivity index (χ0n) is 29.8. The number of alkyl carbamates (subject to hydrolysis) is 1. The number of nitrogens with zero attached hydrogens (tertiary/aromatic N) is 1. The van der Waals surface area contributed by atoms with Crippen LogP contribution in [-0.4, -0.2) is 79.2 Å². The summed E-state index contributed by atoms with van der Waals surface area (Å²) in [5.41, 5.74) is 3.91. The maximum absolute atomic E-state index is 14.5. The van der Waals surface area contributed by atoms with E-state index in [4.69, 9.17) is 10.5 Å². The summed E-state index contributed by atoms with van der Waals surface area (Å²) in [4.78, 5) is 58.6. The van der Waals surface area contributed by atoms with E-state index in [9.17, 15) is 24.3 Å². The van der Waals surface area contributed by atoms with Crippen LogP contribution in [0.3, 0.4) is 0 Å². The number of pyridine rings is 1. The van der Waals surface area contributed by atoms with E-state index in [0.717, 1.165) is 37.2 Å². The number of hydrogen-bond acceptors (Lipinski definition) is 10. The van der Waals surface area contributed by atoms with Crippen LogP contribution in [0.25, 0.3) is 0 Å². The number of ether oxygens (including phenoxy) is 1. The molecule has 1 aliphatic heterocycles. The first-order valence-corrected chi connectivity index (χ1v) is 19.7. The summed E-state index contributed by atoms with van der Waals surface area (Å²) in [5, 5.41) is 19.9. The summed E-state index contributed by atoms with van der Waals surface area (Å²) >= 11 is 3.11. The van der Waals surface area contributed by atoms with Crippen molar-refractivity contribution in [3.05, 3.63) is 36.5 Å². The maximum atomic E-state index is 14.5. The third-order valence-electron chi connectivity index (χ3n) is 9.22. The third-order valence-corrected chi connectivity index (χ3v) is 12.4. The number of nitrogens with one attached hydrogen (secondary N) is 3. The third kappa shape index (κ3) is 12.6. The highest BCUT2D eigenvalue weighted by atomic mass is 32.2. The molecule has 0 spiro atoms. The molecule has 1 saturated heterocycles. The van der Waals surface area contributed by atoms with Crippen molar-refractivity contribution in [2.45, 2.75) is 133 Å². The van der Waals surface area contributed by atoms with Crippen LogP contribution >= 0.6 is 23.5 Å². The Bertz CT molecular complexity index is 1260. The molecule has 3 rings (SSSR count). The van der Waals surface area contributed by atoms with Crippen LogP contribution in [0.5, 0.6) is 0 Å². The van der Waals surface area contributed by atoms with E-state index >= 15 is 0 Å². The molecule has 3 amide bonds. The van der Waals surface area contributed by atoms with E-state index in [0.29, 0.717) is 12.3 Å². The standard InChI is InChI=1S/C36H57N5O6S2/c1-7-18-36(21-26(42)16-14-24-12-10-9-11-13-24,30(43)25-15-17-27(38-22-25)39-31(44)28(37)23(3)8-2)41-32(45)29(33-48-19-20-49-33)40-34(46)47-35(4,5)6/h7,15,17,22-24,26,28-29,33,42H,1,8-14,16,18-21,37H2,2-6H3,(H,40,46)(H,41,45)(H,38,39,44)/t23-,26?,28-,29+,36-/m0/s1. The van der Waals surface area contributed by atoms with E-state index in [2.05, 4.69) is 27.5 Å². The van der Waals surface area contributed by atoms with Crippen LogP contribution in [0.4, 0.5) is 10.6 Å². The van der Waals surface area contributed by atoms with Crippen molar-refractivity contribution in [1.82, 2.24) is 15.6 Å². The lowest BCUT2D eigenvalue weighted by atomic mass is 9.79. The van der Waals surface area contributed by atoms with Crippen molar-refractivity contribution < 1.29 is 29.0 Å². The van der Waals surface area contributed by atoms with E-state index < -0.39 is 47.1 Å². The van der Waals surface area contributed by atoms with Gasteiger partial charge >= 0.3 is 6.09 Å². The second-order valence-electron chi connectivity index (χ2n) is 14.4. The molecule has 1 unspecified atom stereocenters. The summed E-state index contributed by atoms with van der Waals surface area (Å²) in [6, 6.07) is 1.34. The summed E-state index contributed by atoms with van der Waals surface area (Å²) in [6.45, 7) is 13.0. The van der Waals surface area contributed by atoms with Crippen molar-refractivity contribution in [2.75, 3.05) is 16.8 Å². The number of carbonyl (C=O) groups excluding carboxylic acids is 4. The van der Waals surface area contributed by atoms with Crippen LogP contribution in [0, 0.1) is 11.8 Å². The number of carbonyl (C=O) groups is 4. The number of hydrogen-bond donors (Lipinski definition) is 5. The van der Waals surface area contributed by atoms with Gasteiger partial charge in [-0.15, -0.1) is 30.1 Å². The largest absolute Gasteiger partial charge is 0.444 e. The Morgan fingerprint density at radius 1 is 1.12 bits per heavy atom. The van der Waals surface area contributed by atoms with Gasteiger partial charge in [0.15, 0.2) is 5.78 Å². The van der Waals surface area contributed by atoms with Crippen molar-refractivity contribution in [1.29, 1.82) is 0 Å². The highest BCUT2D eigenvalue weighted by Crippen LogP contribution is 2.36. The molecule has 0 radical (unpaired) electrons. The first kappa shape index (κ1) is 40.8. The number of nitrogens with two attached hydrogens (primary N) is 1. The lowest BCUT2D eigenvalue weighted by molar-refractivity contribution is -0.124. The smallest absolute Gasteiger partial charge is 0.408 e. The number of anilines is 1. The minimum Gasteiger partial charge on any atom is -0.444 e. The Kier molecular flexibility index (Phi) is 15.9. The van der Waals surface area contributed by atoms with Crippen LogP contribution in [0.1, 0.15) is 109 Å². The van der Waals surface area contributed by atoms with Crippen LogP contribution in [0.15, 0.2) is 31.0 Å². The lowest BCUT2D eigenvalue weighted by Gasteiger charge is -2.37. The number of Topliss-reactive ketones (excluding diaryl/α,β-unsaturated/α-hetero) is 1. The molecule has 274 valence electrons. The van der Waals surface area contributed by atoms with Gasteiger partial charge in [0.25, 0.3) is 0 Å². The van der Waals surface area contributed by atoms with Crippen LogP contribution in [0.2, 0.25) is 0 Å². The molecule has 49 heavy (non-hydrogen) atoms. The van der Waals surface area contributed by atoms with Crippen LogP contribution in [-0.2, 0) is 14.3 Å². The van der Waals surface area contributed by atoms with Gasteiger partial charge in [0.2, 0.25) is 11.8 Å². The summed E-state index contributed by atoms with van der Waals surface area (Å²) < 4.78 is 5.18. The summed E-state index contributed by atoms with van der Waals surface area (Å²) in [7, 11) is 0. The van der Waals surface area contributed by atoms with E-state index in [-0.39, 0.29) is 40.6 Å². The molecule has 0 bridgehead atoms. The van der Waals surface area contributed by atoms with Gasteiger partial charge < -0.3 is 31.5 Å². The number of rotatable bonds is 17. The SMILES string of the molecule is C=CC[C@@](CC(O)CCC1CCCCC1)(NC(=O)[C@@H](NC(=O)OC(C)(C)C)C1SCCS1)C(=O)c1ccc(NC(=O)[C@@H](N)[C@@H](C)CC)nc1. The first-order chi connectivity index (χ1) is 23.2. The fourth-order valence-electron chi connectivity index (χ4n) is 6.26. The second kappa shape index (κ2) is 19.1. The first-order valence-electron chi connectivity index (χ1n) is 17.6.